The molecule has 0 fully saturated rings. The third-order valence-electron chi connectivity index (χ3n) is 4.00. The van der Waals surface area contributed by atoms with Crippen molar-refractivity contribution in [2.24, 2.45) is 0 Å². The van der Waals surface area contributed by atoms with Crippen LogP contribution in [0.25, 0.3) is 28.1 Å². The largest absolute Gasteiger partial charge is 0.273 e. The summed E-state index contributed by atoms with van der Waals surface area (Å²) in [7, 11) is 0. The average molecular weight is 323 g/mol. The zero-order chi connectivity index (χ0) is 16.1. The zero-order valence-electron chi connectivity index (χ0n) is 13.1. The molecular formula is C18H15ClN4. The van der Waals surface area contributed by atoms with Gasteiger partial charge in [-0.1, -0.05) is 23.7 Å². The molecule has 0 aliphatic rings. The molecule has 4 nitrogen and oxygen atoms in total. The first-order valence-corrected chi connectivity index (χ1v) is 7.82. The number of aryl methyl sites for hydroxylation is 3. The fourth-order valence-electron chi connectivity index (χ4n) is 3.00. The lowest BCUT2D eigenvalue weighted by atomic mass is 10.2. The van der Waals surface area contributed by atoms with E-state index in [2.05, 4.69) is 9.38 Å². The molecule has 0 aliphatic heterocycles. The van der Waals surface area contributed by atoms with Crippen LogP contribution in [-0.2, 0) is 0 Å². The molecule has 0 N–H and O–H groups in total. The van der Waals surface area contributed by atoms with Crippen molar-refractivity contribution in [1.29, 1.82) is 0 Å². The maximum Gasteiger partial charge on any atom is 0.165 e. The van der Waals surface area contributed by atoms with Crippen LogP contribution in [0.4, 0.5) is 0 Å². The van der Waals surface area contributed by atoms with Crippen LogP contribution in [0.3, 0.4) is 0 Å². The summed E-state index contributed by atoms with van der Waals surface area (Å²) < 4.78 is 2.07. The highest BCUT2D eigenvalue weighted by Crippen LogP contribution is 2.31. The van der Waals surface area contributed by atoms with Gasteiger partial charge in [-0.25, -0.2) is 15.0 Å². The normalized spacial score (nSPS) is 11.5. The lowest BCUT2D eigenvalue weighted by Crippen LogP contribution is -2.00. The molecule has 0 spiro atoms. The third kappa shape index (κ3) is 2.10. The van der Waals surface area contributed by atoms with Gasteiger partial charge in [0, 0.05) is 11.3 Å². The molecular weight excluding hydrogens is 308 g/mol. The van der Waals surface area contributed by atoms with Crippen molar-refractivity contribution in [3.05, 3.63) is 58.5 Å². The highest BCUT2D eigenvalue weighted by Gasteiger charge is 2.18. The van der Waals surface area contributed by atoms with E-state index in [1.165, 1.54) is 0 Å². The molecule has 114 valence electrons. The van der Waals surface area contributed by atoms with Crippen LogP contribution >= 0.6 is 11.6 Å². The minimum Gasteiger partial charge on any atom is -0.273 e. The van der Waals surface area contributed by atoms with Gasteiger partial charge in [0.2, 0.25) is 0 Å². The minimum atomic E-state index is 0.676. The molecule has 23 heavy (non-hydrogen) atoms. The Morgan fingerprint density at radius 1 is 0.870 bits per heavy atom. The molecule has 0 aliphatic carbocycles. The second-order valence-corrected chi connectivity index (χ2v) is 6.08. The number of nitrogens with zero attached hydrogens (tertiary/aromatic N) is 4. The van der Waals surface area contributed by atoms with E-state index < -0.39 is 0 Å². The van der Waals surface area contributed by atoms with Crippen LogP contribution in [0, 0.1) is 20.8 Å². The maximum absolute atomic E-state index is 6.40. The second kappa shape index (κ2) is 5.03. The predicted octanol–water partition coefficient (Wildman–Crippen LogP) is 4.52. The van der Waals surface area contributed by atoms with E-state index in [9.17, 15) is 0 Å². The summed E-state index contributed by atoms with van der Waals surface area (Å²) in [5, 5.41) is 0.676. The fourth-order valence-corrected chi connectivity index (χ4v) is 3.22. The maximum atomic E-state index is 6.40. The average Bonchev–Trinajstić information content (AvgIpc) is 2.87. The van der Waals surface area contributed by atoms with Crippen molar-refractivity contribution in [1.82, 2.24) is 19.4 Å². The molecule has 0 bridgehead atoms. The van der Waals surface area contributed by atoms with Crippen molar-refractivity contribution >= 4 is 28.3 Å². The lowest BCUT2D eigenvalue weighted by molar-refractivity contribution is 1.10. The number of aromatic nitrogens is 4. The second-order valence-electron chi connectivity index (χ2n) is 5.68. The minimum absolute atomic E-state index is 0.676. The van der Waals surface area contributed by atoms with Gasteiger partial charge >= 0.3 is 0 Å². The Hall–Kier alpha value is -2.46. The standard InChI is InChI=1S/C18H15ClN4/c1-10-8-9-15-18(20-10)23-16(11(2)21-15)12(3)22-17(23)13-6-4-5-7-14(13)19/h4-9H,1-3H3. The quantitative estimate of drug-likeness (QED) is 0.517. The van der Waals surface area contributed by atoms with E-state index in [0.717, 1.165) is 45.2 Å². The molecule has 0 unspecified atom stereocenters. The Morgan fingerprint density at radius 3 is 2.39 bits per heavy atom. The van der Waals surface area contributed by atoms with Gasteiger partial charge in [0.05, 0.1) is 21.9 Å². The van der Waals surface area contributed by atoms with Crippen LogP contribution in [0.1, 0.15) is 17.1 Å². The number of benzene rings is 1. The van der Waals surface area contributed by atoms with E-state index >= 15 is 0 Å². The molecule has 0 saturated carbocycles. The summed E-state index contributed by atoms with van der Waals surface area (Å²) in [6, 6.07) is 11.7. The smallest absolute Gasteiger partial charge is 0.165 e. The number of pyridine rings is 1. The Kier molecular flexibility index (Phi) is 3.10. The van der Waals surface area contributed by atoms with Crippen molar-refractivity contribution in [2.45, 2.75) is 20.8 Å². The Morgan fingerprint density at radius 2 is 1.61 bits per heavy atom. The molecule has 4 rings (SSSR count). The van der Waals surface area contributed by atoms with E-state index in [1.54, 1.807) is 0 Å². The first-order valence-electron chi connectivity index (χ1n) is 7.44. The van der Waals surface area contributed by atoms with Crippen molar-refractivity contribution in [3.8, 4) is 11.4 Å². The Labute approximate surface area is 138 Å². The molecule has 3 aromatic heterocycles. The van der Waals surface area contributed by atoms with Crippen molar-refractivity contribution in [3.63, 3.8) is 0 Å². The highest BCUT2D eigenvalue weighted by molar-refractivity contribution is 6.33. The molecule has 4 aromatic rings. The van der Waals surface area contributed by atoms with Crippen molar-refractivity contribution < 1.29 is 0 Å². The zero-order valence-corrected chi connectivity index (χ0v) is 13.9. The van der Waals surface area contributed by atoms with Gasteiger partial charge in [0.1, 0.15) is 11.3 Å². The molecule has 0 atom stereocenters. The van der Waals surface area contributed by atoms with E-state index in [4.69, 9.17) is 21.6 Å². The van der Waals surface area contributed by atoms with Gasteiger partial charge < -0.3 is 0 Å². The first kappa shape index (κ1) is 14.2. The Balaban J connectivity index is 2.24. The highest BCUT2D eigenvalue weighted by atomic mass is 35.5. The van der Waals surface area contributed by atoms with Gasteiger partial charge in [-0.2, -0.15) is 0 Å². The number of imidazole rings is 1. The summed E-state index contributed by atoms with van der Waals surface area (Å²) in [6.45, 7) is 5.97. The number of fused-ring (bicyclic) bond motifs is 3. The number of rotatable bonds is 1. The molecule has 5 heteroatoms. The summed E-state index contributed by atoms with van der Waals surface area (Å²) >= 11 is 6.40. The van der Waals surface area contributed by atoms with Crippen molar-refractivity contribution in [2.75, 3.05) is 0 Å². The van der Waals surface area contributed by atoms with E-state index in [1.807, 2.05) is 57.2 Å². The van der Waals surface area contributed by atoms with Gasteiger partial charge in [-0.05, 0) is 45.0 Å². The van der Waals surface area contributed by atoms with Crippen LogP contribution in [0.5, 0.6) is 0 Å². The summed E-state index contributed by atoms with van der Waals surface area (Å²) in [5.41, 5.74) is 6.35. The van der Waals surface area contributed by atoms with Gasteiger partial charge in [-0.15, -0.1) is 0 Å². The SMILES string of the molecule is Cc1ccc2nc(C)c3c(C)nc(-c4ccccc4Cl)n3c2n1. The molecule has 0 amide bonds. The number of hydrogen-bond donors (Lipinski definition) is 0. The summed E-state index contributed by atoms with van der Waals surface area (Å²) in [4.78, 5) is 14.1. The van der Waals surface area contributed by atoms with Gasteiger partial charge in [0.25, 0.3) is 0 Å². The van der Waals surface area contributed by atoms with E-state index in [-0.39, 0.29) is 0 Å². The van der Waals surface area contributed by atoms with Crippen LogP contribution in [-0.4, -0.2) is 19.4 Å². The molecule has 0 radical (unpaired) electrons. The van der Waals surface area contributed by atoms with E-state index in [0.29, 0.717) is 5.02 Å². The predicted molar refractivity (Wildman–Crippen MR) is 92.9 cm³/mol. The van der Waals surface area contributed by atoms with Crippen LogP contribution in [0.2, 0.25) is 5.02 Å². The number of hydrogen-bond acceptors (Lipinski definition) is 3. The number of halogens is 1. The van der Waals surface area contributed by atoms with Crippen LogP contribution < -0.4 is 0 Å². The van der Waals surface area contributed by atoms with Gasteiger partial charge in [0.15, 0.2) is 5.65 Å². The molecule has 0 saturated heterocycles. The Bertz CT molecular complexity index is 1070. The summed E-state index contributed by atoms with van der Waals surface area (Å²) in [6.07, 6.45) is 0. The first-order chi connectivity index (χ1) is 11.1. The topological polar surface area (TPSA) is 43.1 Å². The molecule has 1 aromatic carbocycles. The lowest BCUT2D eigenvalue weighted by Gasteiger charge is -2.09. The fraction of sp³-hybridized carbons (Fsp3) is 0.167. The monoisotopic (exact) mass is 322 g/mol. The van der Waals surface area contributed by atoms with Gasteiger partial charge in [-0.3, -0.25) is 4.40 Å². The third-order valence-corrected chi connectivity index (χ3v) is 4.33. The summed E-state index contributed by atoms with van der Waals surface area (Å²) in [5.74, 6) is 0.803. The molecule has 3 heterocycles. The van der Waals surface area contributed by atoms with Crippen LogP contribution in [0.15, 0.2) is 36.4 Å².